The van der Waals surface area contributed by atoms with E-state index in [1.54, 1.807) is 24.3 Å². The maximum Gasteiger partial charge on any atom is 0.341 e. The summed E-state index contributed by atoms with van der Waals surface area (Å²) < 4.78 is 5.15. The molecule has 0 saturated carbocycles. The van der Waals surface area contributed by atoms with E-state index in [1.165, 1.54) is 19.1 Å². The SMILES string of the molecule is CC(OC(=O)c1cc([N+](=O)[O-])ccc1NCCO)C(=O)Nc1ccc(Cl)cc1. The van der Waals surface area contributed by atoms with Crippen LogP contribution < -0.4 is 10.6 Å². The second kappa shape index (κ2) is 9.67. The molecule has 0 spiro atoms. The molecule has 0 aliphatic heterocycles. The second-order valence-electron chi connectivity index (χ2n) is 5.68. The fraction of sp³-hybridized carbons (Fsp3) is 0.222. The predicted molar refractivity (Wildman–Crippen MR) is 104 cm³/mol. The van der Waals surface area contributed by atoms with Gasteiger partial charge in [-0.1, -0.05) is 11.6 Å². The molecule has 3 N–H and O–H groups in total. The third kappa shape index (κ3) is 5.66. The minimum atomic E-state index is -1.16. The van der Waals surface area contributed by atoms with Gasteiger partial charge >= 0.3 is 5.97 Å². The zero-order chi connectivity index (χ0) is 20.7. The first-order valence-electron chi connectivity index (χ1n) is 8.22. The lowest BCUT2D eigenvalue weighted by atomic mass is 10.1. The second-order valence-corrected chi connectivity index (χ2v) is 6.12. The Morgan fingerprint density at radius 2 is 1.93 bits per heavy atom. The van der Waals surface area contributed by atoms with Gasteiger partial charge in [0.2, 0.25) is 0 Å². The van der Waals surface area contributed by atoms with Gasteiger partial charge < -0.3 is 20.5 Å². The van der Waals surface area contributed by atoms with Crippen molar-refractivity contribution in [2.45, 2.75) is 13.0 Å². The molecular weight excluding hydrogens is 390 g/mol. The minimum Gasteiger partial charge on any atom is -0.449 e. The summed E-state index contributed by atoms with van der Waals surface area (Å²) in [6.45, 7) is 1.30. The van der Waals surface area contributed by atoms with Gasteiger partial charge in [-0.3, -0.25) is 14.9 Å². The summed E-state index contributed by atoms with van der Waals surface area (Å²) in [7, 11) is 0. The lowest BCUT2D eigenvalue weighted by Gasteiger charge is -2.15. The van der Waals surface area contributed by atoms with Gasteiger partial charge in [0, 0.05) is 35.1 Å². The fourth-order valence-corrected chi connectivity index (χ4v) is 2.34. The Kier molecular flexibility index (Phi) is 7.30. The van der Waals surface area contributed by atoms with Gasteiger partial charge in [-0.15, -0.1) is 0 Å². The molecule has 0 aromatic heterocycles. The number of carbonyl (C=O) groups is 2. The summed E-state index contributed by atoms with van der Waals surface area (Å²) in [5, 5.41) is 25.8. The molecule has 148 valence electrons. The number of nitrogens with zero attached hydrogens (tertiary/aromatic N) is 1. The van der Waals surface area contributed by atoms with E-state index >= 15 is 0 Å². The average Bonchev–Trinajstić information content (AvgIpc) is 2.67. The third-order valence-corrected chi connectivity index (χ3v) is 3.88. The van der Waals surface area contributed by atoms with E-state index in [-0.39, 0.29) is 30.1 Å². The Bertz CT molecular complexity index is 872. The number of esters is 1. The smallest absolute Gasteiger partial charge is 0.341 e. The van der Waals surface area contributed by atoms with Gasteiger partial charge in [0.15, 0.2) is 6.10 Å². The van der Waals surface area contributed by atoms with Crippen molar-refractivity contribution in [2.75, 3.05) is 23.8 Å². The van der Waals surface area contributed by atoms with E-state index in [4.69, 9.17) is 21.4 Å². The summed E-state index contributed by atoms with van der Waals surface area (Å²) in [4.78, 5) is 35.0. The van der Waals surface area contributed by atoms with Crippen LogP contribution in [0.2, 0.25) is 5.02 Å². The third-order valence-electron chi connectivity index (χ3n) is 3.63. The first-order valence-corrected chi connectivity index (χ1v) is 8.60. The number of non-ortho nitro benzene ring substituents is 1. The molecule has 1 amide bonds. The molecule has 0 saturated heterocycles. The molecule has 28 heavy (non-hydrogen) atoms. The lowest BCUT2D eigenvalue weighted by Crippen LogP contribution is -2.30. The van der Waals surface area contributed by atoms with E-state index in [2.05, 4.69) is 10.6 Å². The molecule has 9 nitrogen and oxygen atoms in total. The summed E-state index contributed by atoms with van der Waals surface area (Å²) >= 11 is 5.78. The summed E-state index contributed by atoms with van der Waals surface area (Å²) in [6, 6.07) is 9.96. The first-order chi connectivity index (χ1) is 13.3. The number of aliphatic hydroxyl groups is 1. The maximum absolute atomic E-state index is 12.5. The normalized spacial score (nSPS) is 11.4. The van der Waals surface area contributed by atoms with Gasteiger partial charge in [-0.2, -0.15) is 0 Å². The molecule has 0 radical (unpaired) electrons. The predicted octanol–water partition coefficient (Wildman–Crippen LogP) is 2.84. The van der Waals surface area contributed by atoms with Crippen molar-refractivity contribution in [1.82, 2.24) is 0 Å². The van der Waals surface area contributed by atoms with Gasteiger partial charge in [0.05, 0.1) is 17.1 Å². The molecule has 2 aromatic rings. The van der Waals surface area contributed by atoms with Crippen molar-refractivity contribution in [1.29, 1.82) is 0 Å². The number of rotatable bonds is 8. The Labute approximate surface area is 165 Å². The molecule has 0 aliphatic rings. The van der Waals surface area contributed by atoms with Gasteiger partial charge in [0.25, 0.3) is 11.6 Å². The standard InChI is InChI=1S/C18H18ClN3O6/c1-11(17(24)21-13-4-2-12(19)3-5-13)28-18(25)15-10-14(22(26)27)6-7-16(15)20-8-9-23/h2-7,10-11,20,23H,8-9H2,1H3,(H,21,24). The molecule has 0 heterocycles. The van der Waals surface area contributed by atoms with Crippen LogP contribution in [0.4, 0.5) is 17.1 Å². The maximum atomic E-state index is 12.5. The molecule has 1 atom stereocenters. The average molecular weight is 408 g/mol. The van der Waals surface area contributed by atoms with E-state index in [1.807, 2.05) is 0 Å². The van der Waals surface area contributed by atoms with Crippen molar-refractivity contribution >= 4 is 40.5 Å². The zero-order valence-corrected chi connectivity index (χ0v) is 15.6. The summed E-state index contributed by atoms with van der Waals surface area (Å²) in [6.07, 6.45) is -1.16. The molecule has 0 aliphatic carbocycles. The summed E-state index contributed by atoms with van der Waals surface area (Å²) in [5.74, 6) is -1.49. The highest BCUT2D eigenvalue weighted by Gasteiger charge is 2.23. The minimum absolute atomic E-state index is 0.117. The van der Waals surface area contributed by atoms with E-state index in [0.717, 1.165) is 6.07 Å². The Morgan fingerprint density at radius 3 is 2.54 bits per heavy atom. The summed E-state index contributed by atoms with van der Waals surface area (Å²) in [5.41, 5.74) is 0.293. The van der Waals surface area contributed by atoms with Crippen LogP contribution in [0, 0.1) is 10.1 Å². The van der Waals surface area contributed by atoms with Crippen molar-refractivity contribution in [3.63, 3.8) is 0 Å². The first kappa shape index (κ1) is 21.1. The lowest BCUT2D eigenvalue weighted by molar-refractivity contribution is -0.384. The number of nitrogens with one attached hydrogen (secondary N) is 2. The molecule has 2 rings (SSSR count). The van der Waals surface area contributed by atoms with Crippen LogP contribution >= 0.6 is 11.6 Å². The topological polar surface area (TPSA) is 131 Å². The Morgan fingerprint density at radius 1 is 1.25 bits per heavy atom. The zero-order valence-electron chi connectivity index (χ0n) is 14.8. The monoisotopic (exact) mass is 407 g/mol. The van der Waals surface area contributed by atoms with Crippen molar-refractivity contribution < 1.29 is 24.4 Å². The highest BCUT2D eigenvalue weighted by Crippen LogP contribution is 2.23. The molecule has 2 aromatic carbocycles. The van der Waals surface area contributed by atoms with Crippen LogP contribution in [0.1, 0.15) is 17.3 Å². The van der Waals surface area contributed by atoms with Crippen LogP contribution in [0.25, 0.3) is 0 Å². The number of hydrogen-bond donors (Lipinski definition) is 3. The van der Waals surface area contributed by atoms with E-state index in [0.29, 0.717) is 10.7 Å². The highest BCUT2D eigenvalue weighted by molar-refractivity contribution is 6.30. The molecule has 0 fully saturated rings. The highest BCUT2D eigenvalue weighted by atomic mass is 35.5. The largest absolute Gasteiger partial charge is 0.449 e. The number of nitro benzene ring substituents is 1. The van der Waals surface area contributed by atoms with Crippen LogP contribution in [0.15, 0.2) is 42.5 Å². The number of hydrogen-bond acceptors (Lipinski definition) is 7. The number of benzene rings is 2. The Hall–Kier alpha value is -3.17. The van der Waals surface area contributed by atoms with Gasteiger partial charge in [0.1, 0.15) is 0 Å². The van der Waals surface area contributed by atoms with Crippen molar-refractivity contribution in [3.05, 3.63) is 63.2 Å². The molecule has 1 unspecified atom stereocenters. The van der Waals surface area contributed by atoms with Gasteiger partial charge in [-0.05, 0) is 37.3 Å². The number of amides is 1. The van der Waals surface area contributed by atoms with Crippen LogP contribution in [-0.2, 0) is 9.53 Å². The number of halogens is 1. The number of ether oxygens (including phenoxy) is 1. The number of anilines is 2. The number of carbonyl (C=O) groups excluding carboxylic acids is 2. The van der Waals surface area contributed by atoms with Crippen molar-refractivity contribution in [3.8, 4) is 0 Å². The Balaban J connectivity index is 2.13. The number of nitro groups is 1. The molecular formula is C18H18ClN3O6. The van der Waals surface area contributed by atoms with E-state index in [9.17, 15) is 19.7 Å². The number of aliphatic hydroxyl groups excluding tert-OH is 1. The van der Waals surface area contributed by atoms with Crippen LogP contribution in [0.5, 0.6) is 0 Å². The fourth-order valence-electron chi connectivity index (χ4n) is 2.21. The van der Waals surface area contributed by atoms with E-state index < -0.39 is 22.9 Å². The quantitative estimate of drug-likeness (QED) is 0.348. The molecule has 0 bridgehead atoms. The van der Waals surface area contributed by atoms with Crippen LogP contribution in [-0.4, -0.2) is 41.2 Å². The molecule has 10 heteroatoms. The van der Waals surface area contributed by atoms with Crippen LogP contribution in [0.3, 0.4) is 0 Å². The van der Waals surface area contributed by atoms with Gasteiger partial charge in [-0.25, -0.2) is 4.79 Å². The van der Waals surface area contributed by atoms with Crippen molar-refractivity contribution in [2.24, 2.45) is 0 Å².